The highest BCUT2D eigenvalue weighted by Crippen LogP contribution is 2.38. The Hall–Kier alpha value is -8.15. The summed E-state index contributed by atoms with van der Waals surface area (Å²) in [7, 11) is 3.82. The van der Waals surface area contributed by atoms with E-state index in [2.05, 4.69) is 58.3 Å². The first-order chi connectivity index (χ1) is 38.0. The minimum atomic E-state index is -0.534. The quantitative estimate of drug-likeness (QED) is 0.128. The molecular formula is C62H76N10O8. The number of aromatic nitrogens is 5. The molecule has 1 N–H and O–H groups in total. The summed E-state index contributed by atoms with van der Waals surface area (Å²) in [5.74, 6) is 0.0137. The first-order valence-electron chi connectivity index (χ1n) is 27.6. The number of imide groups is 1. The molecule has 3 fully saturated rings. The summed E-state index contributed by atoms with van der Waals surface area (Å²) in [6.45, 7) is 23.1. The monoisotopic (exact) mass is 1090 g/mol. The fraction of sp³-hybridized carbons (Fsp3) is 0.435. The Morgan fingerprint density at radius 2 is 1.07 bits per heavy atom. The largest absolute Gasteiger partial charge is 0.473 e. The molecule has 80 heavy (non-hydrogen) atoms. The minimum absolute atomic E-state index is 0.00938. The van der Waals surface area contributed by atoms with E-state index in [1.54, 1.807) is 4.68 Å². The van der Waals surface area contributed by atoms with E-state index in [1.165, 1.54) is 0 Å². The van der Waals surface area contributed by atoms with Gasteiger partial charge in [-0.05, 0) is 129 Å². The second-order valence-corrected chi connectivity index (χ2v) is 23.4. The van der Waals surface area contributed by atoms with Crippen molar-refractivity contribution in [1.29, 1.82) is 0 Å². The molecule has 10 rings (SSSR count). The predicted molar refractivity (Wildman–Crippen MR) is 310 cm³/mol. The van der Waals surface area contributed by atoms with Crippen molar-refractivity contribution in [3.05, 3.63) is 126 Å². The number of hydrogen-bond acceptors (Lipinski definition) is 13. The first kappa shape index (κ1) is 56.6. The lowest BCUT2D eigenvalue weighted by Crippen LogP contribution is -2.59. The van der Waals surface area contributed by atoms with Crippen LogP contribution in [0.5, 0.6) is 11.8 Å². The minimum Gasteiger partial charge on any atom is -0.473 e. The van der Waals surface area contributed by atoms with Crippen molar-refractivity contribution in [3.8, 4) is 23.0 Å². The molecule has 3 saturated heterocycles. The number of nitrogens with zero attached hydrogens (tertiary/aromatic N) is 9. The SMILES string of the molecule is C[C@H]1CN(c2ccc3c(-c4ccc(OCc5ccccc5)nc4OCc4ccccc4)nn(C)c3c2)C[C@H](C)N1C(=O)OC(C)(C)C.C[C@H]1CN(c2ccc3c(C4CCC(=O)NC4=O)nn(C)c3c2)C[C@H](C)N1C(=O)OC(C)(C)C. The van der Waals surface area contributed by atoms with E-state index in [0.717, 1.165) is 55.6 Å². The number of fused-ring (bicyclic) bond motifs is 2. The predicted octanol–water partition coefficient (Wildman–Crippen LogP) is 10.6. The number of anilines is 2. The van der Waals surface area contributed by atoms with Crippen LogP contribution in [0.2, 0.25) is 0 Å². The Morgan fingerprint density at radius 3 is 1.57 bits per heavy atom. The molecular weight excluding hydrogens is 1010 g/mol. The van der Waals surface area contributed by atoms with E-state index in [4.69, 9.17) is 29.0 Å². The molecule has 18 heteroatoms. The maximum atomic E-state index is 13.0. The lowest BCUT2D eigenvalue weighted by atomic mass is 9.92. The molecule has 18 nitrogen and oxygen atoms in total. The van der Waals surface area contributed by atoms with Crippen LogP contribution >= 0.6 is 0 Å². The number of pyridine rings is 1. The molecule has 0 bridgehead atoms. The lowest BCUT2D eigenvalue weighted by molar-refractivity contribution is -0.134. The van der Waals surface area contributed by atoms with Gasteiger partial charge >= 0.3 is 12.2 Å². The highest BCUT2D eigenvalue weighted by atomic mass is 16.6. The van der Waals surface area contributed by atoms with Gasteiger partial charge in [0.15, 0.2) is 0 Å². The Balaban J connectivity index is 0.000000206. The van der Waals surface area contributed by atoms with Crippen LogP contribution in [0.3, 0.4) is 0 Å². The second-order valence-electron chi connectivity index (χ2n) is 23.4. The summed E-state index contributed by atoms with van der Waals surface area (Å²) in [5, 5.41) is 13.9. The Bertz CT molecular complexity index is 3340. The third-order valence-electron chi connectivity index (χ3n) is 14.6. The zero-order valence-electron chi connectivity index (χ0n) is 48.2. The first-order valence-corrected chi connectivity index (χ1v) is 27.6. The summed E-state index contributed by atoms with van der Waals surface area (Å²) in [4.78, 5) is 62.7. The molecule has 0 radical (unpaired) electrons. The summed E-state index contributed by atoms with van der Waals surface area (Å²) in [6, 6.07) is 36.4. The number of amides is 4. The smallest absolute Gasteiger partial charge is 0.410 e. The Kier molecular flexibility index (Phi) is 16.5. The van der Waals surface area contributed by atoms with Gasteiger partial charge in [0.25, 0.3) is 0 Å². The molecule has 7 aromatic rings. The maximum absolute atomic E-state index is 13.0. The topological polar surface area (TPSA) is 179 Å². The fourth-order valence-electron chi connectivity index (χ4n) is 11.0. The second kappa shape index (κ2) is 23.3. The van der Waals surface area contributed by atoms with Crippen LogP contribution in [-0.4, -0.2) is 120 Å². The highest BCUT2D eigenvalue weighted by Gasteiger charge is 2.38. The van der Waals surface area contributed by atoms with Gasteiger partial charge in [0, 0.05) is 74.9 Å². The van der Waals surface area contributed by atoms with Crippen molar-refractivity contribution in [2.75, 3.05) is 36.0 Å². The number of carbonyl (C=O) groups is 4. The number of ether oxygens (including phenoxy) is 4. The number of rotatable bonds is 10. The van der Waals surface area contributed by atoms with Crippen LogP contribution in [-0.2, 0) is 46.4 Å². The average molecular weight is 1090 g/mol. The molecule has 0 spiro atoms. The van der Waals surface area contributed by atoms with Crippen molar-refractivity contribution in [1.82, 2.24) is 39.7 Å². The number of nitrogens with one attached hydrogen (secondary N) is 1. The lowest BCUT2D eigenvalue weighted by Gasteiger charge is -2.45. The molecule has 0 saturated carbocycles. The molecule has 422 valence electrons. The van der Waals surface area contributed by atoms with Gasteiger partial charge in [0.1, 0.15) is 30.1 Å². The number of piperidine rings is 1. The molecule has 3 aliphatic heterocycles. The van der Waals surface area contributed by atoms with Gasteiger partial charge in [-0.1, -0.05) is 60.7 Å². The van der Waals surface area contributed by atoms with Crippen molar-refractivity contribution in [2.45, 2.75) is 137 Å². The van der Waals surface area contributed by atoms with Crippen molar-refractivity contribution in [2.24, 2.45) is 14.1 Å². The summed E-state index contributed by atoms with van der Waals surface area (Å²) < 4.78 is 27.4. The van der Waals surface area contributed by atoms with E-state index in [9.17, 15) is 19.2 Å². The number of carbonyl (C=O) groups excluding carboxylic acids is 4. The van der Waals surface area contributed by atoms with Crippen molar-refractivity contribution in [3.63, 3.8) is 0 Å². The van der Waals surface area contributed by atoms with Gasteiger partial charge in [-0.15, -0.1) is 0 Å². The van der Waals surface area contributed by atoms with E-state index < -0.39 is 17.1 Å². The molecule has 6 heterocycles. The van der Waals surface area contributed by atoms with Crippen LogP contribution in [0.4, 0.5) is 21.0 Å². The fourth-order valence-corrected chi connectivity index (χ4v) is 11.0. The number of aryl methyl sites for hydroxylation is 2. The molecule has 5 atom stereocenters. The third-order valence-corrected chi connectivity index (χ3v) is 14.6. The molecule has 4 amide bonds. The van der Waals surface area contributed by atoms with Crippen LogP contribution in [0.1, 0.15) is 105 Å². The Morgan fingerprint density at radius 1 is 0.600 bits per heavy atom. The Labute approximate surface area is 468 Å². The number of hydrogen-bond donors (Lipinski definition) is 1. The number of benzene rings is 4. The summed E-state index contributed by atoms with van der Waals surface area (Å²) in [5.41, 5.74) is 7.38. The van der Waals surface area contributed by atoms with Gasteiger partial charge in [0.05, 0.1) is 52.4 Å². The highest BCUT2D eigenvalue weighted by molar-refractivity contribution is 6.03. The molecule has 4 aromatic carbocycles. The van der Waals surface area contributed by atoms with Crippen LogP contribution in [0.15, 0.2) is 109 Å². The van der Waals surface area contributed by atoms with Gasteiger partial charge in [-0.2, -0.15) is 15.2 Å². The third kappa shape index (κ3) is 13.0. The van der Waals surface area contributed by atoms with Crippen LogP contribution in [0, 0.1) is 0 Å². The van der Waals surface area contributed by atoms with Gasteiger partial charge in [0.2, 0.25) is 23.6 Å². The number of piperazine rings is 2. The van der Waals surface area contributed by atoms with Gasteiger partial charge in [-0.25, -0.2) is 9.59 Å². The normalized spacial score (nSPS) is 19.8. The summed E-state index contributed by atoms with van der Waals surface area (Å²) in [6.07, 6.45) is 0.252. The van der Waals surface area contributed by atoms with E-state index in [1.807, 2.05) is 169 Å². The van der Waals surface area contributed by atoms with Gasteiger partial charge < -0.3 is 28.7 Å². The molecule has 0 aliphatic carbocycles. The van der Waals surface area contributed by atoms with Gasteiger partial charge in [-0.3, -0.25) is 34.1 Å². The van der Waals surface area contributed by atoms with E-state index in [0.29, 0.717) is 69.7 Å². The van der Waals surface area contributed by atoms with Crippen LogP contribution < -0.4 is 24.6 Å². The zero-order valence-corrected chi connectivity index (χ0v) is 48.2. The average Bonchev–Trinajstić information content (AvgIpc) is 3.91. The summed E-state index contributed by atoms with van der Waals surface area (Å²) >= 11 is 0. The van der Waals surface area contributed by atoms with E-state index in [-0.39, 0.29) is 48.2 Å². The van der Waals surface area contributed by atoms with E-state index >= 15 is 0 Å². The van der Waals surface area contributed by atoms with Crippen LogP contribution in [0.25, 0.3) is 33.1 Å². The van der Waals surface area contributed by atoms with Crippen molar-refractivity contribution >= 4 is 57.2 Å². The molecule has 1 unspecified atom stereocenters. The van der Waals surface area contributed by atoms with Crippen molar-refractivity contribution < 1.29 is 38.1 Å². The molecule has 3 aliphatic rings. The standard InChI is InChI=1S/C38H43N5O4.C24H33N5O4/c1-26-22-42(23-27(2)43(26)37(44)47-38(3,4)5)30-17-18-31-33(21-30)41(6)40-35(31)32-19-20-34(45-24-28-13-9-7-10-14-28)39-36(32)46-25-29-15-11-8-12-16-29;1-14-12-28(13-15(2)29(14)23(32)33-24(3,4)5)16-7-8-17-19(11-16)27(6)26-21(17)18-9-10-20(30)25-22(18)31/h7-21,26-27H,22-25H2,1-6H3;7-8,11,14-15,18H,9-10,12-13H2,1-6H3,(H,25,30,31)/t26-,27-;14-,15-,18?/m00/s1. The molecule has 3 aromatic heterocycles. The zero-order chi connectivity index (χ0) is 57.2. The maximum Gasteiger partial charge on any atom is 0.410 e.